The molecule has 0 aliphatic heterocycles. The van der Waals surface area contributed by atoms with Gasteiger partial charge in [-0.2, -0.15) is 4.98 Å². The van der Waals surface area contributed by atoms with E-state index in [0.717, 1.165) is 18.5 Å². The summed E-state index contributed by atoms with van der Waals surface area (Å²) in [6, 6.07) is 6.86. The normalized spacial score (nSPS) is 11.7. The van der Waals surface area contributed by atoms with E-state index < -0.39 is 10.0 Å². The van der Waals surface area contributed by atoms with Crippen LogP contribution in [0.15, 0.2) is 40.1 Å². The third-order valence-electron chi connectivity index (χ3n) is 2.65. The zero-order valence-corrected chi connectivity index (χ0v) is 11.9. The average molecular weight is 296 g/mol. The van der Waals surface area contributed by atoms with Gasteiger partial charge in [0.2, 0.25) is 16.4 Å². The molecule has 0 unspecified atom stereocenters. The van der Waals surface area contributed by atoms with Gasteiger partial charge in [0.05, 0.1) is 11.4 Å². The number of benzene rings is 1. The van der Waals surface area contributed by atoms with E-state index in [1.807, 2.05) is 13.0 Å². The first-order valence-electron chi connectivity index (χ1n) is 6.17. The Labute approximate surface area is 117 Å². The molecule has 0 amide bonds. The monoisotopic (exact) mass is 296 g/mol. The third-order valence-corrected chi connectivity index (χ3v) is 4.16. The number of hydrogen-bond acceptors (Lipinski definition) is 6. The summed E-state index contributed by atoms with van der Waals surface area (Å²) in [4.78, 5) is 4.02. The molecule has 0 bridgehead atoms. The Kier molecular flexibility index (Phi) is 4.83. The lowest BCUT2D eigenvalue weighted by molar-refractivity contribution is 0.409. The maximum Gasteiger partial charge on any atom is 0.241 e. The Hall–Kier alpha value is -1.77. The largest absolute Gasteiger partial charge is 0.343 e. The van der Waals surface area contributed by atoms with Crippen LogP contribution in [0.3, 0.4) is 0 Å². The quantitative estimate of drug-likeness (QED) is 0.779. The van der Waals surface area contributed by atoms with E-state index in [1.165, 1.54) is 0 Å². The fraction of sp³-hybridized carbons (Fsp3) is 0.333. The molecule has 0 aliphatic rings. The van der Waals surface area contributed by atoms with Crippen molar-refractivity contribution in [1.29, 1.82) is 0 Å². The lowest BCUT2D eigenvalue weighted by atomic mass is 10.2. The summed E-state index contributed by atoms with van der Waals surface area (Å²) < 4.78 is 31.6. The number of rotatable bonds is 7. The van der Waals surface area contributed by atoms with Crippen LogP contribution in [0.2, 0.25) is 0 Å². The Morgan fingerprint density at radius 2 is 2.05 bits per heavy atom. The molecule has 1 aromatic carbocycles. The summed E-state index contributed by atoms with van der Waals surface area (Å²) in [6.45, 7) is 3.22. The minimum atomic E-state index is -3.61. The first kappa shape index (κ1) is 14.6. The molecule has 1 heterocycles. The summed E-state index contributed by atoms with van der Waals surface area (Å²) in [5.74, 6) is 0.290. The minimum absolute atomic E-state index is 0.00558. The predicted octanol–water partition coefficient (Wildman–Crippen LogP) is 0.658. The van der Waals surface area contributed by atoms with Gasteiger partial charge in [0.25, 0.3) is 0 Å². The fourth-order valence-electron chi connectivity index (χ4n) is 1.68. The summed E-state index contributed by atoms with van der Waals surface area (Å²) in [7, 11) is -3.61. The van der Waals surface area contributed by atoms with Gasteiger partial charge in [-0.25, -0.2) is 13.1 Å². The smallest absolute Gasteiger partial charge is 0.241 e. The summed E-state index contributed by atoms with van der Waals surface area (Å²) in [5.41, 5.74) is 0.718. The van der Waals surface area contributed by atoms with Crippen LogP contribution in [0, 0.1) is 0 Å². The lowest BCUT2D eigenvalue weighted by Gasteiger charge is -2.10. The van der Waals surface area contributed by atoms with Crippen molar-refractivity contribution < 1.29 is 12.9 Å². The van der Waals surface area contributed by atoms with Crippen molar-refractivity contribution in [3.8, 4) is 0 Å². The molecule has 0 radical (unpaired) electrons. The third kappa shape index (κ3) is 3.62. The Balaban J connectivity index is 2.16. The molecule has 108 valence electrons. The molecule has 0 fully saturated rings. The molecule has 0 atom stereocenters. The maximum absolute atomic E-state index is 12.3. The number of hydrogen-bond donors (Lipinski definition) is 2. The van der Waals surface area contributed by atoms with E-state index in [-0.39, 0.29) is 17.3 Å². The standard InChI is InChI=1S/C12H16N4O3S/c1-2-13-7-10-5-3-4-6-11(10)20(17,18)15-8-12-14-9-19-16-12/h3-6,9,13,15H,2,7-8H2,1H3. The Morgan fingerprint density at radius 1 is 1.25 bits per heavy atom. The zero-order chi connectivity index (χ0) is 14.4. The second kappa shape index (κ2) is 6.60. The minimum Gasteiger partial charge on any atom is -0.343 e. The number of nitrogens with zero attached hydrogens (tertiary/aromatic N) is 2. The van der Waals surface area contributed by atoms with Crippen molar-refractivity contribution in [2.75, 3.05) is 6.54 Å². The highest BCUT2D eigenvalue weighted by Crippen LogP contribution is 2.15. The number of aromatic nitrogens is 2. The topological polar surface area (TPSA) is 97.1 Å². The van der Waals surface area contributed by atoms with Crippen LogP contribution >= 0.6 is 0 Å². The predicted molar refractivity (Wildman–Crippen MR) is 72.1 cm³/mol. The molecular formula is C12H16N4O3S. The zero-order valence-electron chi connectivity index (χ0n) is 11.0. The van der Waals surface area contributed by atoms with Gasteiger partial charge < -0.3 is 9.84 Å². The van der Waals surface area contributed by atoms with Gasteiger partial charge in [-0.05, 0) is 18.2 Å². The average Bonchev–Trinajstić information content (AvgIpc) is 2.97. The van der Waals surface area contributed by atoms with Gasteiger partial charge >= 0.3 is 0 Å². The second-order valence-electron chi connectivity index (χ2n) is 4.06. The van der Waals surface area contributed by atoms with Crippen LogP contribution in [-0.2, 0) is 23.1 Å². The van der Waals surface area contributed by atoms with Crippen LogP contribution in [0.1, 0.15) is 18.3 Å². The van der Waals surface area contributed by atoms with Crippen LogP contribution in [0.4, 0.5) is 0 Å². The van der Waals surface area contributed by atoms with Gasteiger partial charge in [0.1, 0.15) is 0 Å². The van der Waals surface area contributed by atoms with Crippen LogP contribution in [0.5, 0.6) is 0 Å². The number of nitrogens with one attached hydrogen (secondary N) is 2. The maximum atomic E-state index is 12.3. The van der Waals surface area contributed by atoms with Crippen LogP contribution in [0.25, 0.3) is 0 Å². The highest BCUT2D eigenvalue weighted by Gasteiger charge is 2.18. The Morgan fingerprint density at radius 3 is 2.75 bits per heavy atom. The molecule has 0 saturated heterocycles. The molecule has 8 heteroatoms. The van der Waals surface area contributed by atoms with Crippen molar-refractivity contribution in [1.82, 2.24) is 20.2 Å². The van der Waals surface area contributed by atoms with Gasteiger partial charge in [-0.3, -0.25) is 0 Å². The van der Waals surface area contributed by atoms with Gasteiger partial charge in [-0.1, -0.05) is 30.3 Å². The molecule has 2 N–H and O–H groups in total. The highest BCUT2D eigenvalue weighted by atomic mass is 32.2. The lowest BCUT2D eigenvalue weighted by Crippen LogP contribution is -2.26. The van der Waals surface area contributed by atoms with E-state index in [0.29, 0.717) is 6.54 Å². The van der Waals surface area contributed by atoms with Crippen LogP contribution in [-0.4, -0.2) is 25.1 Å². The molecule has 20 heavy (non-hydrogen) atoms. The van der Waals surface area contributed by atoms with E-state index in [4.69, 9.17) is 0 Å². The Bertz CT molecular complexity index is 640. The molecule has 0 aliphatic carbocycles. The first-order chi connectivity index (χ1) is 9.63. The molecular weight excluding hydrogens is 280 g/mol. The van der Waals surface area contributed by atoms with Gasteiger partial charge in [0, 0.05) is 6.54 Å². The molecule has 0 spiro atoms. The molecule has 7 nitrogen and oxygen atoms in total. The fourth-order valence-corrected chi connectivity index (χ4v) is 2.90. The molecule has 0 saturated carbocycles. The highest BCUT2D eigenvalue weighted by molar-refractivity contribution is 7.89. The van der Waals surface area contributed by atoms with Crippen LogP contribution < -0.4 is 10.0 Å². The summed E-state index contributed by atoms with van der Waals surface area (Å²) >= 11 is 0. The van der Waals surface area contributed by atoms with E-state index in [1.54, 1.807) is 18.2 Å². The second-order valence-corrected chi connectivity index (χ2v) is 5.80. The van der Waals surface area contributed by atoms with E-state index in [2.05, 4.69) is 24.7 Å². The number of sulfonamides is 1. The molecule has 2 aromatic rings. The summed E-state index contributed by atoms with van der Waals surface area (Å²) in [6.07, 6.45) is 1.16. The van der Waals surface area contributed by atoms with Crippen molar-refractivity contribution >= 4 is 10.0 Å². The van der Waals surface area contributed by atoms with Gasteiger partial charge in [0.15, 0.2) is 5.82 Å². The van der Waals surface area contributed by atoms with E-state index in [9.17, 15) is 8.42 Å². The van der Waals surface area contributed by atoms with Crippen molar-refractivity contribution in [2.24, 2.45) is 0 Å². The SMILES string of the molecule is CCNCc1ccccc1S(=O)(=O)NCc1ncon1. The van der Waals surface area contributed by atoms with Crippen molar-refractivity contribution in [2.45, 2.75) is 24.9 Å². The molecule has 1 aromatic heterocycles. The van der Waals surface area contributed by atoms with Gasteiger partial charge in [-0.15, -0.1) is 0 Å². The van der Waals surface area contributed by atoms with E-state index >= 15 is 0 Å². The summed E-state index contributed by atoms with van der Waals surface area (Å²) in [5, 5.41) is 6.67. The molecule has 2 rings (SSSR count). The first-order valence-corrected chi connectivity index (χ1v) is 7.65. The van der Waals surface area contributed by atoms with Crippen molar-refractivity contribution in [3.63, 3.8) is 0 Å². The van der Waals surface area contributed by atoms with Crippen molar-refractivity contribution in [3.05, 3.63) is 42.0 Å².